The average Bonchev–Trinajstić information content (AvgIpc) is 2.47. The summed E-state index contributed by atoms with van der Waals surface area (Å²) in [5.74, 6) is 0.136. The van der Waals surface area contributed by atoms with Crippen molar-refractivity contribution < 1.29 is 4.79 Å². The summed E-state index contributed by atoms with van der Waals surface area (Å²) in [5.41, 5.74) is 0. The minimum Gasteiger partial charge on any atom is -0.286 e. The van der Waals surface area contributed by atoms with Gasteiger partial charge in [0.1, 0.15) is 5.82 Å². The highest BCUT2D eigenvalue weighted by Crippen LogP contribution is 1.93. The quantitative estimate of drug-likeness (QED) is 0.404. The average molecular weight is 166 g/mol. The van der Waals surface area contributed by atoms with Gasteiger partial charge >= 0.3 is 0 Å². The summed E-state index contributed by atoms with van der Waals surface area (Å²) in [6.45, 7) is 1.67. The van der Waals surface area contributed by atoms with E-state index in [-0.39, 0.29) is 5.82 Å². The first-order valence-corrected chi connectivity index (χ1v) is 3.16. The van der Waals surface area contributed by atoms with Crippen molar-refractivity contribution in [3.05, 3.63) is 28.8 Å². The Hall–Kier alpha value is -1.85. The van der Waals surface area contributed by atoms with Gasteiger partial charge in [-0.25, -0.2) is 4.98 Å². The van der Waals surface area contributed by atoms with Crippen molar-refractivity contribution in [3.8, 4) is 0 Å². The molecule has 0 amide bonds. The van der Waals surface area contributed by atoms with E-state index in [1.165, 1.54) is 0 Å². The van der Waals surface area contributed by atoms with Crippen molar-refractivity contribution in [2.24, 2.45) is 5.18 Å². The van der Waals surface area contributed by atoms with Crippen LogP contribution >= 0.6 is 0 Å². The second-order valence-electron chi connectivity index (χ2n) is 2.03. The SMILES string of the molecule is Cc1nc(C(=O)C=CN=O)n[nH]1. The molecule has 0 saturated heterocycles. The molecule has 0 unspecified atom stereocenters. The number of nitrogens with zero attached hydrogens (tertiary/aromatic N) is 3. The van der Waals surface area contributed by atoms with Crippen LogP contribution in [-0.2, 0) is 0 Å². The maximum Gasteiger partial charge on any atom is 0.226 e. The van der Waals surface area contributed by atoms with Crippen LogP contribution in [0.5, 0.6) is 0 Å². The van der Waals surface area contributed by atoms with Crippen LogP contribution in [0.15, 0.2) is 17.5 Å². The first-order chi connectivity index (χ1) is 5.74. The maximum absolute atomic E-state index is 11.0. The third-order valence-corrected chi connectivity index (χ3v) is 1.10. The van der Waals surface area contributed by atoms with Gasteiger partial charge in [-0.2, -0.15) is 0 Å². The number of carbonyl (C=O) groups excluding carboxylic acids is 1. The van der Waals surface area contributed by atoms with E-state index in [1.807, 2.05) is 0 Å². The van der Waals surface area contributed by atoms with Crippen LogP contribution in [0.25, 0.3) is 0 Å². The Balaban J connectivity index is 2.78. The lowest BCUT2D eigenvalue weighted by molar-refractivity contribution is 0.103. The molecule has 1 rings (SSSR count). The molecule has 1 aromatic heterocycles. The van der Waals surface area contributed by atoms with Gasteiger partial charge in [-0.3, -0.25) is 9.89 Å². The van der Waals surface area contributed by atoms with Crippen LogP contribution in [-0.4, -0.2) is 21.0 Å². The molecule has 1 aromatic rings. The molecule has 6 heteroatoms. The van der Waals surface area contributed by atoms with Gasteiger partial charge in [0.2, 0.25) is 11.6 Å². The van der Waals surface area contributed by atoms with E-state index in [1.54, 1.807) is 6.92 Å². The summed E-state index contributed by atoms with van der Waals surface area (Å²) in [5, 5.41) is 8.48. The van der Waals surface area contributed by atoms with Crippen molar-refractivity contribution in [2.45, 2.75) is 6.92 Å². The Labute approximate surface area is 67.7 Å². The molecule has 12 heavy (non-hydrogen) atoms. The molecule has 0 aliphatic heterocycles. The Bertz CT molecular complexity index is 328. The fourth-order valence-electron chi connectivity index (χ4n) is 0.626. The zero-order chi connectivity index (χ0) is 8.97. The molecule has 6 nitrogen and oxygen atoms in total. The molecule has 0 atom stereocenters. The summed E-state index contributed by atoms with van der Waals surface area (Å²) < 4.78 is 0. The van der Waals surface area contributed by atoms with E-state index < -0.39 is 5.78 Å². The predicted octanol–water partition coefficient (Wildman–Crippen LogP) is 0.576. The zero-order valence-corrected chi connectivity index (χ0v) is 6.31. The van der Waals surface area contributed by atoms with E-state index in [2.05, 4.69) is 20.4 Å². The second-order valence-corrected chi connectivity index (χ2v) is 2.03. The Morgan fingerprint density at radius 3 is 2.92 bits per heavy atom. The molecule has 0 aliphatic rings. The Morgan fingerprint density at radius 1 is 1.67 bits per heavy atom. The largest absolute Gasteiger partial charge is 0.286 e. The van der Waals surface area contributed by atoms with Gasteiger partial charge in [-0.05, 0) is 12.1 Å². The number of rotatable bonds is 3. The zero-order valence-electron chi connectivity index (χ0n) is 6.31. The first kappa shape index (κ1) is 8.25. The van der Waals surface area contributed by atoms with Crippen molar-refractivity contribution in [1.29, 1.82) is 0 Å². The lowest BCUT2D eigenvalue weighted by Gasteiger charge is -1.80. The van der Waals surface area contributed by atoms with Crippen LogP contribution in [0.2, 0.25) is 0 Å². The first-order valence-electron chi connectivity index (χ1n) is 3.16. The van der Waals surface area contributed by atoms with Crippen molar-refractivity contribution >= 4 is 5.78 Å². The third-order valence-electron chi connectivity index (χ3n) is 1.10. The molecule has 0 radical (unpaired) electrons. The summed E-state index contributed by atoms with van der Waals surface area (Å²) >= 11 is 0. The number of H-pyrrole nitrogens is 1. The maximum atomic E-state index is 11.0. The highest BCUT2D eigenvalue weighted by atomic mass is 16.2. The number of hydrogen-bond donors (Lipinski definition) is 1. The summed E-state index contributed by atoms with van der Waals surface area (Å²) in [7, 11) is 0. The smallest absolute Gasteiger partial charge is 0.226 e. The predicted molar refractivity (Wildman–Crippen MR) is 40.4 cm³/mol. The highest BCUT2D eigenvalue weighted by Gasteiger charge is 2.06. The minimum atomic E-state index is -0.445. The molecular weight excluding hydrogens is 160 g/mol. The molecule has 0 aromatic carbocycles. The number of hydrogen-bond acceptors (Lipinski definition) is 5. The number of aromatic nitrogens is 3. The van der Waals surface area contributed by atoms with Gasteiger partial charge in [0.15, 0.2) is 0 Å². The van der Waals surface area contributed by atoms with E-state index in [4.69, 9.17) is 0 Å². The van der Waals surface area contributed by atoms with Crippen molar-refractivity contribution in [3.63, 3.8) is 0 Å². The molecular formula is C6H6N4O2. The molecule has 0 saturated carbocycles. The van der Waals surface area contributed by atoms with Crippen LogP contribution in [0.4, 0.5) is 0 Å². The number of nitrogens with one attached hydrogen (secondary N) is 1. The van der Waals surface area contributed by atoms with E-state index >= 15 is 0 Å². The third kappa shape index (κ3) is 1.82. The molecule has 0 spiro atoms. The van der Waals surface area contributed by atoms with E-state index in [0.717, 1.165) is 12.3 Å². The fourth-order valence-corrected chi connectivity index (χ4v) is 0.626. The number of ketones is 1. The number of aryl methyl sites for hydroxylation is 1. The van der Waals surface area contributed by atoms with Crippen LogP contribution in [0, 0.1) is 11.8 Å². The van der Waals surface area contributed by atoms with Gasteiger partial charge in [0.05, 0.1) is 6.20 Å². The van der Waals surface area contributed by atoms with Gasteiger partial charge < -0.3 is 0 Å². The molecule has 1 heterocycles. The second kappa shape index (κ2) is 3.51. The normalized spacial score (nSPS) is 10.4. The summed E-state index contributed by atoms with van der Waals surface area (Å²) in [6, 6.07) is 0. The number of allylic oxidation sites excluding steroid dienone is 1. The van der Waals surface area contributed by atoms with Gasteiger partial charge in [-0.1, -0.05) is 0 Å². The number of aromatic amines is 1. The topological polar surface area (TPSA) is 88.1 Å². The molecule has 0 bridgehead atoms. The number of carbonyl (C=O) groups is 1. The molecule has 0 fully saturated rings. The summed E-state index contributed by atoms with van der Waals surface area (Å²) in [6.07, 6.45) is 1.86. The molecule has 1 N–H and O–H groups in total. The van der Waals surface area contributed by atoms with Crippen LogP contribution in [0.1, 0.15) is 16.4 Å². The minimum absolute atomic E-state index is 0.0346. The number of nitroso groups, excluding NO2 is 1. The van der Waals surface area contributed by atoms with Crippen molar-refractivity contribution in [1.82, 2.24) is 15.2 Å². The molecule has 62 valence electrons. The van der Waals surface area contributed by atoms with Crippen LogP contribution < -0.4 is 0 Å². The van der Waals surface area contributed by atoms with Gasteiger partial charge in [-0.15, -0.1) is 10.0 Å². The monoisotopic (exact) mass is 166 g/mol. The van der Waals surface area contributed by atoms with Gasteiger partial charge in [0.25, 0.3) is 0 Å². The molecule has 0 aliphatic carbocycles. The van der Waals surface area contributed by atoms with Gasteiger partial charge in [0, 0.05) is 6.08 Å². The Kier molecular flexibility index (Phi) is 2.42. The van der Waals surface area contributed by atoms with E-state index in [0.29, 0.717) is 5.82 Å². The van der Waals surface area contributed by atoms with E-state index in [9.17, 15) is 9.70 Å². The summed E-state index contributed by atoms with van der Waals surface area (Å²) in [4.78, 5) is 24.3. The fraction of sp³-hybridized carbons (Fsp3) is 0.167. The van der Waals surface area contributed by atoms with Crippen molar-refractivity contribution in [2.75, 3.05) is 0 Å². The Morgan fingerprint density at radius 2 is 2.42 bits per heavy atom. The lowest BCUT2D eigenvalue weighted by atomic mass is 10.4. The lowest BCUT2D eigenvalue weighted by Crippen LogP contribution is -1.96. The highest BCUT2D eigenvalue weighted by molar-refractivity contribution is 6.01. The standard InChI is InChI=1S/C6H6N4O2/c1-4-8-6(10-9-4)5(11)2-3-7-12/h2-3H,1H3,(H,8,9,10). The van der Waals surface area contributed by atoms with Crippen LogP contribution in [0.3, 0.4) is 0 Å².